The zero-order valence-electron chi connectivity index (χ0n) is 9.43. The SMILES string of the molecule is NC(=NO)C1CCCN(C(=O)C2CCC2)C1. The third-order valence-electron chi connectivity index (χ3n) is 3.72. The topological polar surface area (TPSA) is 78.9 Å². The van der Waals surface area contributed by atoms with Crippen LogP contribution in [0.5, 0.6) is 0 Å². The van der Waals surface area contributed by atoms with Gasteiger partial charge in [0.15, 0.2) is 0 Å². The second-order valence-electron chi connectivity index (χ2n) is 4.78. The van der Waals surface area contributed by atoms with E-state index < -0.39 is 0 Å². The van der Waals surface area contributed by atoms with Gasteiger partial charge in [0.05, 0.1) is 0 Å². The molecule has 3 N–H and O–H groups in total. The number of amides is 1. The van der Waals surface area contributed by atoms with E-state index in [-0.39, 0.29) is 23.6 Å². The van der Waals surface area contributed by atoms with Crippen LogP contribution in [0, 0.1) is 11.8 Å². The molecule has 0 aromatic heterocycles. The summed E-state index contributed by atoms with van der Waals surface area (Å²) in [6.07, 6.45) is 5.09. The van der Waals surface area contributed by atoms with Crippen LogP contribution in [0.25, 0.3) is 0 Å². The van der Waals surface area contributed by atoms with Gasteiger partial charge < -0.3 is 15.8 Å². The Kier molecular flexibility index (Phi) is 3.31. The van der Waals surface area contributed by atoms with E-state index in [2.05, 4.69) is 5.16 Å². The van der Waals surface area contributed by atoms with Crippen molar-refractivity contribution in [3.8, 4) is 0 Å². The lowest BCUT2D eigenvalue weighted by molar-refractivity contribution is -0.139. The lowest BCUT2D eigenvalue weighted by atomic mass is 9.83. The average molecular weight is 225 g/mol. The van der Waals surface area contributed by atoms with Gasteiger partial charge in [-0.25, -0.2) is 0 Å². The van der Waals surface area contributed by atoms with Gasteiger partial charge in [-0.2, -0.15) is 0 Å². The molecule has 1 unspecified atom stereocenters. The number of hydrogen-bond acceptors (Lipinski definition) is 3. The number of likely N-dealkylation sites (tertiary alicyclic amines) is 1. The van der Waals surface area contributed by atoms with Gasteiger partial charge in [0, 0.05) is 24.9 Å². The molecule has 1 aliphatic carbocycles. The highest BCUT2D eigenvalue weighted by Crippen LogP contribution is 2.30. The summed E-state index contributed by atoms with van der Waals surface area (Å²) < 4.78 is 0. The van der Waals surface area contributed by atoms with Crippen LogP contribution < -0.4 is 5.73 Å². The third-order valence-corrected chi connectivity index (χ3v) is 3.72. The first-order valence-electron chi connectivity index (χ1n) is 5.98. The summed E-state index contributed by atoms with van der Waals surface area (Å²) in [6.45, 7) is 1.44. The first-order valence-corrected chi connectivity index (χ1v) is 5.98. The number of nitrogens with zero attached hydrogens (tertiary/aromatic N) is 2. The van der Waals surface area contributed by atoms with Crippen molar-refractivity contribution in [3.05, 3.63) is 0 Å². The number of oxime groups is 1. The van der Waals surface area contributed by atoms with Crippen LogP contribution in [0.1, 0.15) is 32.1 Å². The van der Waals surface area contributed by atoms with E-state index in [0.717, 1.165) is 32.2 Å². The fourth-order valence-corrected chi connectivity index (χ4v) is 2.41. The van der Waals surface area contributed by atoms with Gasteiger partial charge in [0.1, 0.15) is 5.84 Å². The summed E-state index contributed by atoms with van der Waals surface area (Å²) in [7, 11) is 0. The van der Waals surface area contributed by atoms with E-state index >= 15 is 0 Å². The van der Waals surface area contributed by atoms with E-state index in [1.807, 2.05) is 4.90 Å². The molecule has 0 radical (unpaired) electrons. The highest BCUT2D eigenvalue weighted by Gasteiger charge is 2.33. The van der Waals surface area contributed by atoms with Crippen molar-refractivity contribution in [1.29, 1.82) is 0 Å². The number of amidine groups is 1. The number of rotatable bonds is 2. The van der Waals surface area contributed by atoms with Gasteiger partial charge >= 0.3 is 0 Å². The maximum atomic E-state index is 12.0. The van der Waals surface area contributed by atoms with Gasteiger partial charge in [-0.15, -0.1) is 0 Å². The predicted molar refractivity (Wildman–Crippen MR) is 60.1 cm³/mol. The molecule has 1 saturated carbocycles. The van der Waals surface area contributed by atoms with Crippen molar-refractivity contribution in [3.63, 3.8) is 0 Å². The van der Waals surface area contributed by atoms with Crippen LogP contribution in [0.4, 0.5) is 0 Å². The van der Waals surface area contributed by atoms with E-state index in [9.17, 15) is 4.79 Å². The Morgan fingerprint density at radius 2 is 1.94 bits per heavy atom. The molecule has 0 aromatic carbocycles. The molecule has 0 aromatic rings. The second kappa shape index (κ2) is 4.72. The van der Waals surface area contributed by atoms with Gasteiger partial charge in [-0.1, -0.05) is 11.6 Å². The predicted octanol–water partition coefficient (Wildman–Crippen LogP) is 0.771. The normalized spacial score (nSPS) is 27.6. The molecular formula is C11H19N3O2. The number of nitrogens with two attached hydrogens (primary N) is 1. The molecule has 0 spiro atoms. The Morgan fingerprint density at radius 3 is 2.50 bits per heavy atom. The molecule has 1 atom stereocenters. The maximum Gasteiger partial charge on any atom is 0.225 e. The Hall–Kier alpha value is -1.26. The smallest absolute Gasteiger partial charge is 0.225 e. The Labute approximate surface area is 95.3 Å². The highest BCUT2D eigenvalue weighted by atomic mass is 16.4. The maximum absolute atomic E-state index is 12.0. The molecule has 1 heterocycles. The van der Waals surface area contributed by atoms with Gasteiger partial charge in [-0.3, -0.25) is 4.79 Å². The summed E-state index contributed by atoms with van der Waals surface area (Å²) in [6, 6.07) is 0. The molecule has 90 valence electrons. The molecule has 5 nitrogen and oxygen atoms in total. The van der Waals surface area contributed by atoms with Crippen LogP contribution in [0.3, 0.4) is 0 Å². The lowest BCUT2D eigenvalue weighted by Crippen LogP contribution is -2.47. The standard InChI is InChI=1S/C11H19N3O2/c12-10(13-16)9-5-2-6-14(7-9)11(15)8-3-1-4-8/h8-9,16H,1-7H2,(H2,12,13). The van der Waals surface area contributed by atoms with Crippen LogP contribution >= 0.6 is 0 Å². The van der Waals surface area contributed by atoms with E-state index in [1.165, 1.54) is 6.42 Å². The van der Waals surface area contributed by atoms with E-state index in [4.69, 9.17) is 10.9 Å². The minimum Gasteiger partial charge on any atom is -0.409 e. The fraction of sp³-hybridized carbons (Fsp3) is 0.818. The summed E-state index contributed by atoms with van der Waals surface area (Å²) in [5.74, 6) is 0.793. The van der Waals surface area contributed by atoms with Crippen molar-refractivity contribution >= 4 is 11.7 Å². The third kappa shape index (κ3) is 2.13. The van der Waals surface area contributed by atoms with Crippen LogP contribution in [0.2, 0.25) is 0 Å². The second-order valence-corrected chi connectivity index (χ2v) is 4.78. The Bertz CT molecular complexity index is 300. The first-order chi connectivity index (χ1) is 7.72. The molecule has 0 bridgehead atoms. The number of carbonyl (C=O) groups excluding carboxylic acids is 1. The first kappa shape index (κ1) is 11.2. The number of piperidine rings is 1. The van der Waals surface area contributed by atoms with Crippen molar-refractivity contribution in [1.82, 2.24) is 4.90 Å². The molecule has 16 heavy (non-hydrogen) atoms. The van der Waals surface area contributed by atoms with Gasteiger partial charge in [0.2, 0.25) is 5.91 Å². The highest BCUT2D eigenvalue weighted by molar-refractivity contribution is 5.84. The largest absolute Gasteiger partial charge is 0.409 e. The number of hydrogen-bond donors (Lipinski definition) is 2. The Balaban J connectivity index is 1.93. The van der Waals surface area contributed by atoms with Crippen molar-refractivity contribution in [2.45, 2.75) is 32.1 Å². The summed E-state index contributed by atoms with van der Waals surface area (Å²) in [5, 5.41) is 11.7. The molecule has 5 heteroatoms. The molecule has 1 saturated heterocycles. The lowest BCUT2D eigenvalue weighted by Gasteiger charge is -2.36. The molecule has 2 rings (SSSR count). The summed E-state index contributed by atoms with van der Waals surface area (Å²) in [5.41, 5.74) is 5.59. The fourth-order valence-electron chi connectivity index (χ4n) is 2.41. The van der Waals surface area contributed by atoms with Gasteiger partial charge in [0.25, 0.3) is 0 Å². The van der Waals surface area contributed by atoms with Crippen molar-refractivity contribution in [2.24, 2.45) is 22.7 Å². The Morgan fingerprint density at radius 1 is 1.25 bits per heavy atom. The van der Waals surface area contributed by atoms with Crippen LogP contribution in [-0.2, 0) is 4.79 Å². The van der Waals surface area contributed by atoms with Crippen LogP contribution in [0.15, 0.2) is 5.16 Å². The molecular weight excluding hydrogens is 206 g/mol. The average Bonchev–Trinajstić information content (AvgIpc) is 2.26. The van der Waals surface area contributed by atoms with Crippen LogP contribution in [-0.4, -0.2) is 34.9 Å². The number of carbonyl (C=O) groups is 1. The van der Waals surface area contributed by atoms with Gasteiger partial charge in [-0.05, 0) is 25.7 Å². The summed E-state index contributed by atoms with van der Waals surface area (Å²) in [4.78, 5) is 13.9. The quantitative estimate of drug-likeness (QED) is 0.315. The van der Waals surface area contributed by atoms with E-state index in [1.54, 1.807) is 0 Å². The molecule has 2 fully saturated rings. The van der Waals surface area contributed by atoms with Crippen molar-refractivity contribution in [2.75, 3.05) is 13.1 Å². The monoisotopic (exact) mass is 225 g/mol. The zero-order chi connectivity index (χ0) is 11.5. The molecule has 2 aliphatic rings. The van der Waals surface area contributed by atoms with E-state index in [0.29, 0.717) is 6.54 Å². The molecule has 1 aliphatic heterocycles. The molecule has 1 amide bonds. The minimum absolute atomic E-state index is 0.0303. The zero-order valence-corrected chi connectivity index (χ0v) is 9.43. The van der Waals surface area contributed by atoms with Crippen molar-refractivity contribution < 1.29 is 10.0 Å². The summed E-state index contributed by atoms with van der Waals surface area (Å²) >= 11 is 0. The minimum atomic E-state index is 0.0303.